The summed E-state index contributed by atoms with van der Waals surface area (Å²) in [6.07, 6.45) is 0.780. The van der Waals surface area contributed by atoms with E-state index in [1.54, 1.807) is 12.3 Å². The fourth-order valence-electron chi connectivity index (χ4n) is 3.77. The van der Waals surface area contributed by atoms with Gasteiger partial charge in [0, 0.05) is 30.8 Å². The van der Waals surface area contributed by atoms with Gasteiger partial charge < -0.3 is 20.5 Å². The molecule has 0 bridgehead atoms. The Balaban J connectivity index is 2.18. The highest BCUT2D eigenvalue weighted by Crippen LogP contribution is 2.28. The smallest absolute Gasteiger partial charge is 0.306 e. The molecule has 1 heterocycles. The van der Waals surface area contributed by atoms with Crippen molar-refractivity contribution in [2.24, 2.45) is 11.8 Å². The van der Waals surface area contributed by atoms with Crippen molar-refractivity contribution in [3.8, 4) is 0 Å². The lowest BCUT2D eigenvalue weighted by atomic mass is 9.96. The molecule has 1 amide bonds. The van der Waals surface area contributed by atoms with E-state index in [1.807, 2.05) is 37.4 Å². The van der Waals surface area contributed by atoms with E-state index < -0.39 is 24.0 Å². The van der Waals surface area contributed by atoms with Crippen molar-refractivity contribution in [3.63, 3.8) is 0 Å². The molecule has 9 heteroatoms. The summed E-state index contributed by atoms with van der Waals surface area (Å²) < 4.78 is 5.52. The number of aromatic nitrogens is 1. The molecule has 8 nitrogen and oxygen atoms in total. The molecule has 0 fully saturated rings. The van der Waals surface area contributed by atoms with E-state index in [2.05, 4.69) is 29.5 Å². The molecule has 0 aliphatic rings. The van der Waals surface area contributed by atoms with Crippen LogP contribution in [0.4, 0.5) is 0 Å². The second-order valence-corrected chi connectivity index (χ2v) is 9.77. The molecule has 0 saturated carbocycles. The zero-order chi connectivity index (χ0) is 25.3. The Morgan fingerprint density at radius 2 is 1.79 bits per heavy atom. The summed E-state index contributed by atoms with van der Waals surface area (Å²) in [5, 5.41) is 17.7. The average molecular weight is 490 g/mol. The molecule has 3 N–H and O–H groups in total. The molecule has 34 heavy (non-hydrogen) atoms. The number of nitrogens with one attached hydrogen (secondary N) is 2. The maximum atomic E-state index is 13.0. The number of carboxylic acid groups (broad SMARTS) is 1. The Kier molecular flexibility index (Phi) is 10.7. The third-order valence-electron chi connectivity index (χ3n) is 5.70. The van der Waals surface area contributed by atoms with Crippen LogP contribution in [0.15, 0.2) is 35.7 Å². The first-order chi connectivity index (χ1) is 16.1. The van der Waals surface area contributed by atoms with Crippen LogP contribution in [0.5, 0.6) is 0 Å². The highest BCUT2D eigenvalue weighted by atomic mass is 32.1. The van der Waals surface area contributed by atoms with Crippen LogP contribution in [0.3, 0.4) is 0 Å². The van der Waals surface area contributed by atoms with Crippen molar-refractivity contribution < 1.29 is 24.2 Å². The summed E-state index contributed by atoms with van der Waals surface area (Å²) in [5.41, 5.74) is 1.23. The minimum Gasteiger partial charge on any atom is -0.481 e. The highest BCUT2D eigenvalue weighted by Gasteiger charge is 2.27. The maximum Gasteiger partial charge on any atom is 0.306 e. The zero-order valence-corrected chi connectivity index (χ0v) is 21.2. The number of esters is 1. The van der Waals surface area contributed by atoms with Gasteiger partial charge >= 0.3 is 11.9 Å². The number of nitrogens with zero attached hydrogens (tertiary/aromatic N) is 1. The Morgan fingerprint density at radius 1 is 1.12 bits per heavy atom. The van der Waals surface area contributed by atoms with E-state index in [0.29, 0.717) is 30.2 Å². The molecule has 0 aliphatic carbocycles. The van der Waals surface area contributed by atoms with E-state index in [1.165, 1.54) is 18.3 Å². The summed E-state index contributed by atoms with van der Waals surface area (Å²) in [5.74, 6) is -1.98. The first-order valence-corrected chi connectivity index (χ1v) is 12.4. The van der Waals surface area contributed by atoms with Crippen LogP contribution in [0.25, 0.3) is 0 Å². The van der Waals surface area contributed by atoms with Crippen LogP contribution >= 0.6 is 11.3 Å². The molecule has 0 spiro atoms. The van der Waals surface area contributed by atoms with Crippen LogP contribution in [0, 0.1) is 11.8 Å². The number of aliphatic carboxylic acids is 1. The number of benzene rings is 1. The largest absolute Gasteiger partial charge is 0.481 e. The predicted octanol–water partition coefficient (Wildman–Crippen LogP) is 3.83. The molecule has 186 valence electrons. The van der Waals surface area contributed by atoms with Crippen LogP contribution < -0.4 is 10.6 Å². The van der Waals surface area contributed by atoms with Crippen molar-refractivity contribution >= 4 is 29.2 Å². The molecule has 2 rings (SSSR count). The van der Waals surface area contributed by atoms with E-state index in [-0.39, 0.29) is 23.7 Å². The summed E-state index contributed by atoms with van der Waals surface area (Å²) >= 11 is 1.27. The highest BCUT2D eigenvalue weighted by molar-refractivity contribution is 7.09. The Bertz CT molecular complexity index is 947. The van der Waals surface area contributed by atoms with Crippen LogP contribution in [-0.2, 0) is 20.7 Å². The molecule has 4 atom stereocenters. The second kappa shape index (κ2) is 13.2. The van der Waals surface area contributed by atoms with Gasteiger partial charge in [0.1, 0.15) is 10.7 Å². The van der Waals surface area contributed by atoms with Crippen LogP contribution in [0.2, 0.25) is 0 Å². The Morgan fingerprint density at radius 3 is 2.35 bits per heavy atom. The van der Waals surface area contributed by atoms with E-state index in [9.17, 15) is 19.5 Å². The lowest BCUT2D eigenvalue weighted by molar-refractivity contribution is -0.147. The van der Waals surface area contributed by atoms with Crippen molar-refractivity contribution in [1.82, 2.24) is 15.6 Å². The van der Waals surface area contributed by atoms with Gasteiger partial charge in [-0.25, -0.2) is 4.98 Å². The van der Waals surface area contributed by atoms with Gasteiger partial charge in [-0.05, 0) is 31.4 Å². The van der Waals surface area contributed by atoms with Crippen molar-refractivity contribution in [1.29, 1.82) is 0 Å². The molecule has 4 unspecified atom stereocenters. The molecule has 1 aromatic heterocycles. The summed E-state index contributed by atoms with van der Waals surface area (Å²) in [4.78, 5) is 40.6. The summed E-state index contributed by atoms with van der Waals surface area (Å²) in [7, 11) is 1.86. The number of amides is 1. The molecular formula is C25H35N3O5S. The molecule has 0 saturated heterocycles. The lowest BCUT2D eigenvalue weighted by Crippen LogP contribution is -2.38. The van der Waals surface area contributed by atoms with Gasteiger partial charge in [0.25, 0.3) is 5.91 Å². The molecule has 0 radical (unpaired) electrons. The number of carbonyl (C=O) groups is 3. The number of hydrogen-bond donors (Lipinski definition) is 3. The molecule has 2 aromatic rings. The van der Waals surface area contributed by atoms with Gasteiger partial charge in [0.05, 0.1) is 5.92 Å². The third kappa shape index (κ3) is 8.53. The normalized spacial score (nSPS) is 14.8. The number of ether oxygens (including phenoxy) is 1. The van der Waals surface area contributed by atoms with Crippen LogP contribution in [-0.4, -0.2) is 47.1 Å². The Hall–Kier alpha value is -2.78. The van der Waals surface area contributed by atoms with Crippen molar-refractivity contribution in [2.75, 3.05) is 7.05 Å². The maximum absolute atomic E-state index is 13.0. The molecular weight excluding hydrogens is 454 g/mol. The minimum absolute atomic E-state index is 0.110. The number of carbonyl (C=O) groups excluding carboxylic acids is 2. The number of carboxylic acids is 1. The number of rotatable bonds is 13. The van der Waals surface area contributed by atoms with E-state index in [4.69, 9.17) is 4.74 Å². The van der Waals surface area contributed by atoms with Gasteiger partial charge in [0.15, 0.2) is 6.10 Å². The van der Waals surface area contributed by atoms with Crippen LogP contribution in [0.1, 0.15) is 67.7 Å². The summed E-state index contributed by atoms with van der Waals surface area (Å²) in [6.45, 7) is 7.15. The van der Waals surface area contributed by atoms with Gasteiger partial charge in [-0.1, -0.05) is 51.1 Å². The third-order valence-corrected chi connectivity index (χ3v) is 6.64. The average Bonchev–Trinajstić information content (AvgIpc) is 3.27. The first kappa shape index (κ1) is 27.5. The van der Waals surface area contributed by atoms with Gasteiger partial charge in [-0.2, -0.15) is 0 Å². The fourth-order valence-corrected chi connectivity index (χ4v) is 4.61. The number of hydrogen-bond acceptors (Lipinski definition) is 7. The lowest BCUT2D eigenvalue weighted by Gasteiger charge is -2.24. The van der Waals surface area contributed by atoms with E-state index >= 15 is 0 Å². The zero-order valence-electron chi connectivity index (χ0n) is 20.4. The molecule has 0 aliphatic heterocycles. The second-order valence-electron chi connectivity index (χ2n) is 8.88. The SMILES string of the molecule is CNC(CC(OC(C)=O)c1nc(C(=O)NC(Cc2ccccc2)CC(C)C(=O)O)cs1)C(C)C. The van der Waals surface area contributed by atoms with Gasteiger partial charge in [-0.3, -0.25) is 14.4 Å². The quantitative estimate of drug-likeness (QED) is 0.366. The summed E-state index contributed by atoms with van der Waals surface area (Å²) in [6, 6.07) is 9.36. The first-order valence-electron chi connectivity index (χ1n) is 11.5. The molecule has 1 aromatic carbocycles. The van der Waals surface area contributed by atoms with Gasteiger partial charge in [-0.15, -0.1) is 11.3 Å². The Labute approximate surface area is 205 Å². The van der Waals surface area contributed by atoms with Gasteiger partial charge in [0.2, 0.25) is 0 Å². The topological polar surface area (TPSA) is 118 Å². The standard InChI is InChI=1S/C25H35N3O5S/c1-15(2)20(26-5)13-22(33-17(4)29)24-28-21(14-34-24)23(30)27-19(11-16(3)25(31)32)12-18-9-7-6-8-10-18/h6-10,14-16,19-20,22,26H,11-13H2,1-5H3,(H,27,30)(H,31,32). The minimum atomic E-state index is -0.906. The van der Waals surface area contributed by atoms with Crippen molar-refractivity contribution in [2.45, 2.75) is 65.1 Å². The monoisotopic (exact) mass is 489 g/mol. The van der Waals surface area contributed by atoms with Crippen molar-refractivity contribution in [3.05, 3.63) is 52.0 Å². The fraction of sp³-hybridized carbons (Fsp3) is 0.520. The predicted molar refractivity (Wildman–Crippen MR) is 132 cm³/mol. The number of thiazole rings is 1. The van der Waals surface area contributed by atoms with E-state index in [0.717, 1.165) is 5.56 Å².